The van der Waals surface area contributed by atoms with Crippen LogP contribution in [0.15, 0.2) is 328 Å². The summed E-state index contributed by atoms with van der Waals surface area (Å²) in [5.41, 5.74) is 8.26. The van der Waals surface area contributed by atoms with E-state index in [2.05, 4.69) is 332 Å². The smallest absolute Gasteiger partial charge is 0.238 e. The van der Waals surface area contributed by atoms with Gasteiger partial charge in [0.1, 0.15) is 0 Å². The molecule has 14 aromatic rings. The van der Waals surface area contributed by atoms with Gasteiger partial charge in [-0.15, -0.1) is 0 Å². The van der Waals surface area contributed by atoms with Gasteiger partial charge in [-0.2, -0.15) is 9.97 Å². The van der Waals surface area contributed by atoms with Crippen LogP contribution >= 0.6 is 0 Å². The summed E-state index contributed by atoms with van der Waals surface area (Å²) in [6, 6.07) is 120. The van der Waals surface area contributed by atoms with Crippen LogP contribution in [0.3, 0.4) is 0 Å². The second kappa shape index (κ2) is 21.3. The number of benzene rings is 12. The lowest BCUT2D eigenvalue weighted by atomic mass is 10.0. The molecule has 0 bridgehead atoms. The fraction of sp³-hybridized carbons (Fsp3) is 0. The van der Waals surface area contributed by atoms with Crippen LogP contribution in [0.25, 0.3) is 72.8 Å². The predicted octanol–water partition coefficient (Wildman–Crippen LogP) is 12.4. The van der Waals surface area contributed by atoms with Crippen LogP contribution in [0.4, 0.5) is 0 Å². The SMILES string of the molecule is c1ccc([Si](c2ccccc2)(c2ccccc2)c2cccc(-c3cccc(-c4nc(-c5cccc(-c6cccc([Si](c7ccccc7)(c7ccccc7)c7ccccc7)c6)c5)nc(-n5c6ccccc6c6ccccc65)n4)c3)c2)cc1. The summed E-state index contributed by atoms with van der Waals surface area (Å²) in [6.07, 6.45) is 0. The first kappa shape index (κ1) is 49.2. The molecule has 0 atom stereocenters. The van der Waals surface area contributed by atoms with E-state index in [1.807, 2.05) is 0 Å². The van der Waals surface area contributed by atoms with Gasteiger partial charge in [0.2, 0.25) is 5.95 Å². The Bertz CT molecular complexity index is 4040. The highest BCUT2D eigenvalue weighted by atomic mass is 28.3. The van der Waals surface area contributed by atoms with Gasteiger partial charge in [0.05, 0.1) is 11.0 Å². The third-order valence-electron chi connectivity index (χ3n) is 16.1. The minimum atomic E-state index is -2.79. The Balaban J connectivity index is 0.927. The Hall–Kier alpha value is -10.1. The third kappa shape index (κ3) is 8.75. The van der Waals surface area contributed by atoms with Crippen molar-refractivity contribution >= 4 is 79.4 Å². The summed E-state index contributed by atoms with van der Waals surface area (Å²) in [5.74, 6) is 1.74. The zero-order valence-corrected chi connectivity index (χ0v) is 46.5. The zero-order valence-electron chi connectivity index (χ0n) is 44.5. The van der Waals surface area contributed by atoms with Crippen LogP contribution in [-0.4, -0.2) is 35.7 Å². The van der Waals surface area contributed by atoms with E-state index >= 15 is 0 Å². The minimum Gasteiger partial charge on any atom is -0.278 e. The van der Waals surface area contributed by atoms with Crippen molar-refractivity contribution in [2.75, 3.05) is 0 Å². The molecular weight excluding hydrogens is 1010 g/mol. The molecule has 0 aliphatic rings. The maximum Gasteiger partial charge on any atom is 0.238 e. The monoisotopic (exact) mass is 1070 g/mol. The van der Waals surface area contributed by atoms with E-state index < -0.39 is 16.1 Å². The molecule has 0 saturated heterocycles. The lowest BCUT2D eigenvalue weighted by Crippen LogP contribution is -2.74. The first-order chi connectivity index (χ1) is 40.2. The molecule has 6 heteroatoms. The van der Waals surface area contributed by atoms with Crippen molar-refractivity contribution in [1.29, 1.82) is 0 Å². The number of rotatable bonds is 13. The summed E-state index contributed by atoms with van der Waals surface area (Å²) in [4.78, 5) is 16.3. The topological polar surface area (TPSA) is 43.6 Å². The number of fused-ring (bicyclic) bond motifs is 3. The lowest BCUT2D eigenvalue weighted by molar-refractivity contribution is 0.953. The number of nitrogens with zero attached hydrogens (tertiary/aromatic N) is 4. The van der Waals surface area contributed by atoms with E-state index in [1.165, 1.54) is 41.5 Å². The van der Waals surface area contributed by atoms with Gasteiger partial charge in [-0.1, -0.05) is 303 Å². The van der Waals surface area contributed by atoms with Gasteiger partial charge < -0.3 is 0 Å². The lowest BCUT2D eigenvalue weighted by Gasteiger charge is -2.34. The van der Waals surface area contributed by atoms with Crippen molar-refractivity contribution in [2.45, 2.75) is 0 Å². The van der Waals surface area contributed by atoms with Crippen molar-refractivity contribution in [2.24, 2.45) is 0 Å². The summed E-state index contributed by atoms with van der Waals surface area (Å²) < 4.78 is 2.20. The van der Waals surface area contributed by atoms with E-state index in [0.29, 0.717) is 17.6 Å². The molecule has 14 rings (SSSR count). The molecule has 0 fully saturated rings. The van der Waals surface area contributed by atoms with E-state index in [9.17, 15) is 0 Å². The largest absolute Gasteiger partial charge is 0.278 e. The molecule has 12 aromatic carbocycles. The molecule has 2 heterocycles. The van der Waals surface area contributed by atoms with Crippen molar-refractivity contribution in [3.63, 3.8) is 0 Å². The molecule has 81 heavy (non-hydrogen) atoms. The third-order valence-corrected chi connectivity index (χ3v) is 25.7. The van der Waals surface area contributed by atoms with Gasteiger partial charge in [0, 0.05) is 21.9 Å². The molecule has 0 radical (unpaired) electrons. The van der Waals surface area contributed by atoms with Crippen LogP contribution in [-0.2, 0) is 0 Å². The van der Waals surface area contributed by atoms with Crippen LogP contribution in [0.2, 0.25) is 0 Å². The molecule has 0 aliphatic heterocycles. The maximum atomic E-state index is 5.44. The van der Waals surface area contributed by atoms with E-state index in [1.54, 1.807) is 0 Å². The van der Waals surface area contributed by atoms with Crippen molar-refractivity contribution in [3.05, 3.63) is 328 Å². The Morgan fingerprint density at radius 2 is 0.469 bits per heavy atom. The molecule has 382 valence electrons. The molecule has 0 saturated carbocycles. The first-order valence-electron chi connectivity index (χ1n) is 27.7. The van der Waals surface area contributed by atoms with Crippen molar-refractivity contribution in [3.8, 4) is 51.0 Å². The Morgan fingerprint density at radius 3 is 0.802 bits per heavy atom. The van der Waals surface area contributed by atoms with Gasteiger partial charge in [-0.05, 0) is 88.0 Å². The second-order valence-corrected chi connectivity index (χ2v) is 28.3. The Morgan fingerprint density at radius 1 is 0.210 bits per heavy atom. The summed E-state index contributed by atoms with van der Waals surface area (Å²) >= 11 is 0. The summed E-state index contributed by atoms with van der Waals surface area (Å²) in [5, 5.41) is 12.9. The quantitative estimate of drug-likeness (QED) is 0.0854. The van der Waals surface area contributed by atoms with Crippen molar-refractivity contribution in [1.82, 2.24) is 19.5 Å². The molecule has 0 unspecified atom stereocenters. The normalized spacial score (nSPS) is 11.7. The highest BCUT2D eigenvalue weighted by Gasteiger charge is 2.43. The van der Waals surface area contributed by atoms with Gasteiger partial charge in [-0.3, -0.25) is 4.57 Å². The molecule has 0 N–H and O–H groups in total. The number of hydrogen-bond acceptors (Lipinski definition) is 3. The number of aromatic nitrogens is 4. The Labute approximate surface area is 474 Å². The molecule has 0 aliphatic carbocycles. The predicted molar refractivity (Wildman–Crippen MR) is 343 cm³/mol. The van der Waals surface area contributed by atoms with Gasteiger partial charge in [0.25, 0.3) is 0 Å². The van der Waals surface area contributed by atoms with Crippen molar-refractivity contribution < 1.29 is 0 Å². The first-order valence-corrected chi connectivity index (χ1v) is 31.7. The highest BCUT2D eigenvalue weighted by Crippen LogP contribution is 2.34. The molecule has 4 nitrogen and oxygen atoms in total. The maximum absolute atomic E-state index is 5.44. The van der Waals surface area contributed by atoms with E-state index in [-0.39, 0.29) is 0 Å². The molecule has 0 spiro atoms. The van der Waals surface area contributed by atoms with Crippen LogP contribution in [0.5, 0.6) is 0 Å². The molecular formula is C75H54N4Si2. The van der Waals surface area contributed by atoms with Gasteiger partial charge in [0.15, 0.2) is 27.8 Å². The van der Waals surface area contributed by atoms with E-state index in [0.717, 1.165) is 55.2 Å². The van der Waals surface area contributed by atoms with Crippen LogP contribution in [0.1, 0.15) is 0 Å². The van der Waals surface area contributed by atoms with E-state index in [4.69, 9.17) is 15.0 Å². The fourth-order valence-electron chi connectivity index (χ4n) is 12.5. The fourth-order valence-corrected chi connectivity index (χ4v) is 22.1. The summed E-state index contributed by atoms with van der Waals surface area (Å²) in [6.45, 7) is 0. The van der Waals surface area contributed by atoms with Crippen LogP contribution in [0, 0.1) is 0 Å². The number of para-hydroxylation sites is 2. The average Bonchev–Trinajstić information content (AvgIpc) is 4.09. The molecule has 2 aromatic heterocycles. The highest BCUT2D eigenvalue weighted by molar-refractivity contribution is 7.20. The second-order valence-electron chi connectivity index (χ2n) is 20.7. The van der Waals surface area contributed by atoms with Gasteiger partial charge >= 0.3 is 0 Å². The minimum absolute atomic E-state index is 0.556. The standard InChI is InChI=1S/C75H54N4Si2/c1-7-33-61(34-8-1)80(62-35-9-2-10-36-62,63-37-11-3-12-38-63)67-45-25-29-57(53-67)55-27-23-31-59(51-55)73-76-74(78-75(77-73)79-71-49-21-19-47-69(71)70-48-20-22-50-72(70)79)60-32-24-28-56(52-60)58-30-26-46-68(54-58)81(64-39-13-4-14-40-64,65-41-15-5-16-42-65)66-43-17-6-18-44-66/h1-54H. The average molecular weight is 1070 g/mol. The summed E-state index contributed by atoms with van der Waals surface area (Å²) in [7, 11) is -5.59. The number of hydrogen-bond donors (Lipinski definition) is 0. The Kier molecular flexibility index (Phi) is 12.9. The molecule has 0 amide bonds. The van der Waals surface area contributed by atoms with Crippen LogP contribution < -0.4 is 41.5 Å². The zero-order chi connectivity index (χ0) is 54.0. The van der Waals surface area contributed by atoms with Gasteiger partial charge in [-0.25, -0.2) is 4.98 Å².